The molecule has 2 aromatic rings. The van der Waals surface area contributed by atoms with Gasteiger partial charge in [-0.2, -0.15) is 0 Å². The van der Waals surface area contributed by atoms with E-state index in [0.717, 1.165) is 50.0 Å². The molecule has 1 saturated heterocycles. The van der Waals surface area contributed by atoms with Crippen LogP contribution in [-0.4, -0.2) is 41.3 Å². The van der Waals surface area contributed by atoms with Crippen LogP contribution in [0, 0.1) is 0 Å². The molecule has 26 heavy (non-hydrogen) atoms. The molecule has 0 radical (unpaired) electrons. The van der Waals surface area contributed by atoms with E-state index in [-0.39, 0.29) is 11.9 Å². The van der Waals surface area contributed by atoms with Crippen molar-refractivity contribution in [2.45, 2.75) is 44.7 Å². The summed E-state index contributed by atoms with van der Waals surface area (Å²) in [5.74, 6) is 0.154. The van der Waals surface area contributed by atoms with E-state index in [1.807, 2.05) is 17.2 Å². The fourth-order valence-electron chi connectivity index (χ4n) is 4.28. The molecule has 0 spiro atoms. The predicted molar refractivity (Wildman–Crippen MR) is 103 cm³/mol. The topological polar surface area (TPSA) is 36.4 Å². The summed E-state index contributed by atoms with van der Waals surface area (Å²) in [6, 6.07) is 10.6. The Morgan fingerprint density at radius 2 is 2.00 bits per heavy atom. The molecule has 136 valence electrons. The highest BCUT2D eigenvalue weighted by Gasteiger charge is 2.31. The molecule has 2 aliphatic rings. The van der Waals surface area contributed by atoms with Crippen LogP contribution in [-0.2, 0) is 19.4 Å². The summed E-state index contributed by atoms with van der Waals surface area (Å²) >= 11 is 0. The maximum Gasteiger partial charge on any atom is 0.254 e. The molecule has 1 aromatic heterocycles. The van der Waals surface area contributed by atoms with Gasteiger partial charge in [-0.1, -0.05) is 12.1 Å². The van der Waals surface area contributed by atoms with E-state index >= 15 is 0 Å². The standard InChI is InChI=1S/C22H27N3O/c1-24(2)15-16-8-11-20(23-14-16)21-7-4-12-25(21)22(26)19-10-9-17-5-3-6-18(17)13-19/h8-11,13-14,21H,3-7,12,15H2,1-2H3/t21-/m1/s1. The van der Waals surface area contributed by atoms with Crippen molar-refractivity contribution in [2.75, 3.05) is 20.6 Å². The van der Waals surface area contributed by atoms with E-state index in [4.69, 9.17) is 0 Å². The minimum absolute atomic E-state index is 0.101. The lowest BCUT2D eigenvalue weighted by Gasteiger charge is -2.25. The van der Waals surface area contributed by atoms with Gasteiger partial charge < -0.3 is 9.80 Å². The summed E-state index contributed by atoms with van der Waals surface area (Å²) in [6.45, 7) is 1.71. The van der Waals surface area contributed by atoms with Crippen molar-refractivity contribution in [3.05, 3.63) is 64.5 Å². The predicted octanol–water partition coefficient (Wildman–Crippen LogP) is 3.61. The van der Waals surface area contributed by atoms with Gasteiger partial charge >= 0.3 is 0 Å². The van der Waals surface area contributed by atoms with Crippen molar-refractivity contribution in [1.82, 2.24) is 14.8 Å². The summed E-state index contributed by atoms with van der Waals surface area (Å²) in [7, 11) is 4.11. The molecule has 1 aliphatic heterocycles. The number of nitrogens with zero attached hydrogens (tertiary/aromatic N) is 3. The second-order valence-electron chi connectivity index (χ2n) is 7.82. The number of aromatic nitrogens is 1. The van der Waals surface area contributed by atoms with Gasteiger partial charge in [0.15, 0.2) is 0 Å². The van der Waals surface area contributed by atoms with Crippen LogP contribution in [0.4, 0.5) is 0 Å². The van der Waals surface area contributed by atoms with Crippen molar-refractivity contribution in [1.29, 1.82) is 0 Å². The monoisotopic (exact) mass is 349 g/mol. The Labute approximate surface area is 155 Å². The van der Waals surface area contributed by atoms with Crippen molar-refractivity contribution < 1.29 is 4.79 Å². The molecule has 4 heteroatoms. The van der Waals surface area contributed by atoms with Gasteiger partial charge in [0.1, 0.15) is 0 Å². The van der Waals surface area contributed by atoms with Gasteiger partial charge in [0.05, 0.1) is 11.7 Å². The number of fused-ring (bicyclic) bond motifs is 1. The summed E-state index contributed by atoms with van der Waals surface area (Å²) in [6.07, 6.45) is 7.46. The van der Waals surface area contributed by atoms with Crippen LogP contribution in [0.25, 0.3) is 0 Å². The first-order chi connectivity index (χ1) is 12.6. The minimum atomic E-state index is 0.101. The van der Waals surface area contributed by atoms with E-state index in [1.54, 1.807) is 0 Å². The summed E-state index contributed by atoms with van der Waals surface area (Å²) in [4.78, 5) is 22.0. The molecule has 0 unspecified atom stereocenters. The molecule has 0 saturated carbocycles. The number of hydrogen-bond donors (Lipinski definition) is 0. The van der Waals surface area contributed by atoms with Crippen LogP contribution >= 0.6 is 0 Å². The number of aryl methyl sites for hydroxylation is 2. The van der Waals surface area contributed by atoms with Crippen molar-refractivity contribution in [2.24, 2.45) is 0 Å². The second-order valence-corrected chi connectivity index (χ2v) is 7.82. The fourth-order valence-corrected chi connectivity index (χ4v) is 4.28. The van der Waals surface area contributed by atoms with Crippen molar-refractivity contribution in [3.8, 4) is 0 Å². The lowest BCUT2D eigenvalue weighted by atomic mass is 10.0. The number of rotatable bonds is 4. The highest BCUT2D eigenvalue weighted by atomic mass is 16.2. The summed E-state index contributed by atoms with van der Waals surface area (Å²) < 4.78 is 0. The third kappa shape index (κ3) is 3.38. The normalized spacial score (nSPS) is 19.2. The third-order valence-corrected chi connectivity index (χ3v) is 5.55. The van der Waals surface area contributed by atoms with E-state index < -0.39 is 0 Å². The molecule has 4 nitrogen and oxygen atoms in total. The average Bonchev–Trinajstić information content (AvgIpc) is 3.30. The van der Waals surface area contributed by atoms with Crippen LogP contribution in [0.1, 0.15) is 58.0 Å². The van der Waals surface area contributed by atoms with Crippen LogP contribution in [0.3, 0.4) is 0 Å². The van der Waals surface area contributed by atoms with Crippen LogP contribution in [0.5, 0.6) is 0 Å². The van der Waals surface area contributed by atoms with E-state index in [1.165, 1.54) is 23.1 Å². The van der Waals surface area contributed by atoms with Crippen LogP contribution in [0.15, 0.2) is 36.5 Å². The maximum absolute atomic E-state index is 13.1. The molecule has 1 atom stereocenters. The van der Waals surface area contributed by atoms with Gasteiger partial charge in [-0.15, -0.1) is 0 Å². The number of amides is 1. The first-order valence-electron chi connectivity index (χ1n) is 9.64. The Morgan fingerprint density at radius 3 is 2.77 bits per heavy atom. The summed E-state index contributed by atoms with van der Waals surface area (Å²) in [5, 5.41) is 0. The third-order valence-electron chi connectivity index (χ3n) is 5.55. The van der Waals surface area contributed by atoms with Crippen molar-refractivity contribution in [3.63, 3.8) is 0 Å². The van der Waals surface area contributed by atoms with Gasteiger partial charge in [0, 0.05) is 24.8 Å². The zero-order chi connectivity index (χ0) is 18.1. The van der Waals surface area contributed by atoms with E-state index in [9.17, 15) is 4.79 Å². The Morgan fingerprint density at radius 1 is 1.15 bits per heavy atom. The maximum atomic E-state index is 13.1. The number of likely N-dealkylation sites (tertiary alicyclic amines) is 1. The SMILES string of the molecule is CN(C)Cc1ccc([C@H]2CCCN2C(=O)c2ccc3c(c2)CCC3)nc1. The van der Waals surface area contributed by atoms with Gasteiger partial charge in [-0.05, 0) is 81.1 Å². The molecular weight excluding hydrogens is 322 g/mol. The zero-order valence-corrected chi connectivity index (χ0v) is 15.7. The fraction of sp³-hybridized carbons (Fsp3) is 0.455. The minimum Gasteiger partial charge on any atom is -0.330 e. The van der Waals surface area contributed by atoms with Gasteiger partial charge in [0.2, 0.25) is 0 Å². The molecule has 0 N–H and O–H groups in total. The zero-order valence-electron chi connectivity index (χ0n) is 15.7. The second kappa shape index (κ2) is 7.20. The van der Waals surface area contributed by atoms with Gasteiger partial charge in [-0.3, -0.25) is 9.78 Å². The van der Waals surface area contributed by atoms with Crippen molar-refractivity contribution >= 4 is 5.91 Å². The Bertz CT molecular complexity index is 798. The number of benzene rings is 1. The number of hydrogen-bond acceptors (Lipinski definition) is 3. The molecule has 2 heterocycles. The molecular formula is C22H27N3O. The first-order valence-corrected chi connectivity index (χ1v) is 9.64. The van der Waals surface area contributed by atoms with Crippen LogP contribution < -0.4 is 0 Å². The Hall–Kier alpha value is -2.20. The van der Waals surface area contributed by atoms with Crippen LogP contribution in [0.2, 0.25) is 0 Å². The highest BCUT2D eigenvalue weighted by Crippen LogP contribution is 2.33. The quantitative estimate of drug-likeness (QED) is 0.846. The molecule has 1 aliphatic carbocycles. The lowest BCUT2D eigenvalue weighted by molar-refractivity contribution is 0.0733. The Balaban J connectivity index is 1.53. The van der Waals surface area contributed by atoms with E-state index in [2.05, 4.69) is 48.2 Å². The van der Waals surface area contributed by atoms with Gasteiger partial charge in [0.25, 0.3) is 5.91 Å². The number of carbonyl (C=O) groups is 1. The molecule has 1 aromatic carbocycles. The van der Waals surface area contributed by atoms with E-state index in [0.29, 0.717) is 0 Å². The molecule has 0 bridgehead atoms. The summed E-state index contributed by atoms with van der Waals surface area (Å²) in [5.41, 5.74) is 5.82. The Kier molecular flexibility index (Phi) is 4.77. The smallest absolute Gasteiger partial charge is 0.254 e. The lowest BCUT2D eigenvalue weighted by Crippen LogP contribution is -2.31. The highest BCUT2D eigenvalue weighted by molar-refractivity contribution is 5.95. The largest absolute Gasteiger partial charge is 0.330 e. The number of pyridine rings is 1. The van der Waals surface area contributed by atoms with Gasteiger partial charge in [-0.25, -0.2) is 0 Å². The number of carbonyl (C=O) groups excluding carboxylic acids is 1. The molecule has 1 fully saturated rings. The average molecular weight is 349 g/mol. The first kappa shape index (κ1) is 17.2. The molecule has 1 amide bonds. The molecule has 4 rings (SSSR count).